The first-order chi connectivity index (χ1) is 13.8. The second kappa shape index (κ2) is 7.63. The molecule has 1 unspecified atom stereocenters. The molecule has 1 aliphatic rings. The van der Waals surface area contributed by atoms with Crippen LogP contribution in [-0.4, -0.2) is 16.0 Å². The molecule has 0 saturated carbocycles. The van der Waals surface area contributed by atoms with Gasteiger partial charge in [0.05, 0.1) is 11.6 Å². The number of rotatable bonds is 3. The fraction of sp³-hybridized carbons (Fsp3) is 0.273. The van der Waals surface area contributed by atoms with Gasteiger partial charge in [-0.1, -0.05) is 24.3 Å². The molecule has 7 heteroatoms. The van der Waals surface area contributed by atoms with Crippen LogP contribution in [0.5, 0.6) is 0 Å². The minimum absolute atomic E-state index is 0.263. The Balaban J connectivity index is 1.73. The van der Waals surface area contributed by atoms with Crippen molar-refractivity contribution in [3.8, 4) is 0 Å². The van der Waals surface area contributed by atoms with Gasteiger partial charge in [0.15, 0.2) is 11.6 Å². The van der Waals surface area contributed by atoms with Gasteiger partial charge in [-0.25, -0.2) is 8.78 Å². The molecule has 0 N–H and O–H groups in total. The molecular weight excluding hydrogens is 387 g/mol. The number of alkyl halides is 3. The van der Waals surface area contributed by atoms with Crippen LogP contribution >= 0.6 is 0 Å². The summed E-state index contributed by atoms with van der Waals surface area (Å²) >= 11 is 0. The molecule has 0 aliphatic carbocycles. The minimum atomic E-state index is -4.41. The third-order valence-electron chi connectivity index (χ3n) is 5.25. The van der Waals surface area contributed by atoms with E-state index in [1.165, 1.54) is 18.2 Å². The Morgan fingerprint density at radius 1 is 0.897 bits per heavy atom. The van der Waals surface area contributed by atoms with Gasteiger partial charge in [0, 0.05) is 31.5 Å². The summed E-state index contributed by atoms with van der Waals surface area (Å²) < 4.78 is 68.8. The van der Waals surface area contributed by atoms with Crippen LogP contribution in [0.4, 0.5) is 22.0 Å². The largest absolute Gasteiger partial charge is 0.416 e. The average molecular weight is 406 g/mol. The number of hydrogen-bond donors (Lipinski definition) is 0. The van der Waals surface area contributed by atoms with E-state index in [1.807, 2.05) is 23.2 Å². The summed E-state index contributed by atoms with van der Waals surface area (Å²) in [6.45, 7) is 1.63. The molecule has 2 aromatic carbocycles. The maximum absolute atomic E-state index is 14.0. The van der Waals surface area contributed by atoms with Crippen LogP contribution in [0.25, 0.3) is 0 Å². The zero-order valence-electron chi connectivity index (χ0n) is 15.5. The molecule has 0 saturated heterocycles. The molecule has 4 rings (SSSR count). The lowest BCUT2D eigenvalue weighted by molar-refractivity contribution is -0.137. The second-order valence-electron chi connectivity index (χ2n) is 7.22. The molecule has 152 valence electrons. The fourth-order valence-electron chi connectivity index (χ4n) is 3.95. The maximum Gasteiger partial charge on any atom is 0.416 e. The summed E-state index contributed by atoms with van der Waals surface area (Å²) in [5, 5.41) is 0. The third-order valence-corrected chi connectivity index (χ3v) is 5.25. The van der Waals surface area contributed by atoms with Crippen molar-refractivity contribution in [2.75, 3.05) is 6.54 Å². The van der Waals surface area contributed by atoms with Gasteiger partial charge in [-0.05, 0) is 47.9 Å². The summed E-state index contributed by atoms with van der Waals surface area (Å²) in [7, 11) is 0. The van der Waals surface area contributed by atoms with Crippen molar-refractivity contribution in [1.29, 1.82) is 0 Å². The third kappa shape index (κ3) is 4.05. The van der Waals surface area contributed by atoms with E-state index >= 15 is 0 Å². The van der Waals surface area contributed by atoms with Crippen molar-refractivity contribution in [3.05, 3.63) is 94.8 Å². The minimum Gasteiger partial charge on any atom is -0.350 e. The Hall–Kier alpha value is -2.67. The van der Waals surface area contributed by atoms with Crippen LogP contribution in [0.2, 0.25) is 0 Å². The Labute approximate surface area is 165 Å². The molecule has 0 radical (unpaired) electrons. The van der Waals surface area contributed by atoms with E-state index in [0.717, 1.165) is 36.9 Å². The van der Waals surface area contributed by atoms with Crippen LogP contribution < -0.4 is 0 Å². The molecule has 2 nitrogen and oxygen atoms in total. The highest BCUT2D eigenvalue weighted by Crippen LogP contribution is 2.35. The molecule has 0 bridgehead atoms. The number of aromatic nitrogens is 1. The second-order valence-corrected chi connectivity index (χ2v) is 7.22. The number of benzene rings is 2. The first-order valence-electron chi connectivity index (χ1n) is 9.33. The summed E-state index contributed by atoms with van der Waals surface area (Å²) in [5.41, 5.74) is 1.29. The molecule has 0 amide bonds. The highest BCUT2D eigenvalue weighted by molar-refractivity contribution is 5.32. The maximum atomic E-state index is 14.0. The highest BCUT2D eigenvalue weighted by atomic mass is 19.4. The van der Waals surface area contributed by atoms with Crippen molar-refractivity contribution >= 4 is 0 Å². The van der Waals surface area contributed by atoms with Gasteiger partial charge in [-0.15, -0.1) is 0 Å². The van der Waals surface area contributed by atoms with Gasteiger partial charge in [0.2, 0.25) is 0 Å². The number of halogens is 5. The van der Waals surface area contributed by atoms with E-state index in [1.54, 1.807) is 6.07 Å². The summed E-state index contributed by atoms with van der Waals surface area (Å²) in [5.74, 6) is -1.87. The zero-order chi connectivity index (χ0) is 20.6. The van der Waals surface area contributed by atoms with E-state index in [0.29, 0.717) is 17.7 Å². The van der Waals surface area contributed by atoms with Crippen LogP contribution in [0, 0.1) is 11.6 Å². The fourth-order valence-corrected chi connectivity index (χ4v) is 3.95. The predicted molar refractivity (Wildman–Crippen MR) is 99.1 cm³/mol. The number of hydrogen-bond acceptors (Lipinski definition) is 1. The number of nitrogens with zero attached hydrogens (tertiary/aromatic N) is 2. The van der Waals surface area contributed by atoms with Crippen LogP contribution in [-0.2, 0) is 19.3 Å². The van der Waals surface area contributed by atoms with Gasteiger partial charge in [0.25, 0.3) is 0 Å². The van der Waals surface area contributed by atoms with Crippen molar-refractivity contribution in [1.82, 2.24) is 9.47 Å². The first kappa shape index (κ1) is 19.6. The smallest absolute Gasteiger partial charge is 0.350 e. The van der Waals surface area contributed by atoms with Gasteiger partial charge >= 0.3 is 6.18 Å². The predicted octanol–water partition coefficient (Wildman–Crippen LogP) is 5.78. The Morgan fingerprint density at radius 3 is 2.48 bits per heavy atom. The van der Waals surface area contributed by atoms with E-state index < -0.39 is 29.4 Å². The number of aryl methyl sites for hydroxylation is 1. The zero-order valence-corrected chi connectivity index (χ0v) is 15.5. The molecule has 1 aromatic heterocycles. The molecular formula is C22H19F5N2. The lowest BCUT2D eigenvalue weighted by Crippen LogP contribution is -2.29. The molecule has 29 heavy (non-hydrogen) atoms. The van der Waals surface area contributed by atoms with Crippen molar-refractivity contribution < 1.29 is 22.0 Å². The molecule has 1 aliphatic heterocycles. The Kier molecular flexibility index (Phi) is 5.17. The topological polar surface area (TPSA) is 8.17 Å². The molecule has 3 aromatic rings. The van der Waals surface area contributed by atoms with Crippen LogP contribution in [0.15, 0.2) is 60.8 Å². The van der Waals surface area contributed by atoms with E-state index in [4.69, 9.17) is 0 Å². The van der Waals surface area contributed by atoms with Gasteiger partial charge in [-0.2, -0.15) is 13.2 Å². The quantitative estimate of drug-likeness (QED) is 0.501. The lowest BCUT2D eigenvalue weighted by atomic mass is 10.0. The number of fused-ring (bicyclic) bond motifs is 1. The van der Waals surface area contributed by atoms with Crippen LogP contribution in [0.3, 0.4) is 0 Å². The van der Waals surface area contributed by atoms with Crippen molar-refractivity contribution in [3.63, 3.8) is 0 Å². The summed E-state index contributed by atoms with van der Waals surface area (Å²) in [6, 6.07) is 12.4. The SMILES string of the molecule is Fc1ccc(C2c3cccn3CCCN2Cc2cccc(C(F)(F)F)c2)cc1F. The molecule has 0 spiro atoms. The van der Waals surface area contributed by atoms with E-state index in [9.17, 15) is 22.0 Å². The Bertz CT molecular complexity index is 1010. The average Bonchev–Trinajstić information content (AvgIpc) is 3.05. The Morgan fingerprint density at radius 2 is 1.72 bits per heavy atom. The van der Waals surface area contributed by atoms with E-state index in [2.05, 4.69) is 4.57 Å². The normalized spacial score (nSPS) is 17.8. The molecule has 1 atom stereocenters. The van der Waals surface area contributed by atoms with Crippen molar-refractivity contribution in [2.24, 2.45) is 0 Å². The summed E-state index contributed by atoms with van der Waals surface area (Å²) in [6.07, 6.45) is -1.69. The van der Waals surface area contributed by atoms with E-state index in [-0.39, 0.29) is 6.54 Å². The molecule has 2 heterocycles. The summed E-state index contributed by atoms with van der Waals surface area (Å²) in [4.78, 5) is 2.01. The highest BCUT2D eigenvalue weighted by Gasteiger charge is 2.32. The van der Waals surface area contributed by atoms with Gasteiger partial charge in [0.1, 0.15) is 0 Å². The van der Waals surface area contributed by atoms with Crippen molar-refractivity contribution in [2.45, 2.75) is 31.7 Å². The first-order valence-corrected chi connectivity index (χ1v) is 9.33. The van der Waals surface area contributed by atoms with Gasteiger partial charge in [-0.3, -0.25) is 4.90 Å². The molecule has 0 fully saturated rings. The van der Waals surface area contributed by atoms with Gasteiger partial charge < -0.3 is 4.57 Å². The van der Waals surface area contributed by atoms with Crippen LogP contribution in [0.1, 0.15) is 34.8 Å². The standard InChI is InChI=1S/C22H19F5N2/c23-18-8-7-16(13-19(18)24)21-20-6-2-9-28(20)10-3-11-29(21)14-15-4-1-5-17(12-15)22(25,26)27/h1-2,4-9,12-13,21H,3,10-11,14H2. The lowest BCUT2D eigenvalue weighted by Gasteiger charge is -2.31. The monoisotopic (exact) mass is 406 g/mol.